The van der Waals surface area contributed by atoms with Crippen molar-refractivity contribution in [1.29, 1.82) is 0 Å². The zero-order chi connectivity index (χ0) is 15.5. The van der Waals surface area contributed by atoms with Crippen LogP contribution in [0.3, 0.4) is 0 Å². The van der Waals surface area contributed by atoms with Crippen LogP contribution in [0.2, 0.25) is 0 Å². The number of carbonyl (C=O) groups is 2. The molecule has 120 valence electrons. The first-order valence-electron chi connectivity index (χ1n) is 8.53. The second kappa shape index (κ2) is 6.67. The van der Waals surface area contributed by atoms with Crippen LogP contribution in [-0.4, -0.2) is 23.5 Å². The summed E-state index contributed by atoms with van der Waals surface area (Å²) in [4.78, 5) is 24.1. The van der Waals surface area contributed by atoms with Crippen molar-refractivity contribution in [1.82, 2.24) is 5.32 Å². The van der Waals surface area contributed by atoms with Crippen LogP contribution in [0.4, 0.5) is 0 Å². The van der Waals surface area contributed by atoms with Crippen molar-refractivity contribution < 1.29 is 14.7 Å². The molecule has 4 rings (SSSR count). The number of fused-ring (bicyclic) bond motifs is 2. The highest BCUT2D eigenvalue weighted by Crippen LogP contribution is 2.45. The van der Waals surface area contributed by atoms with Gasteiger partial charge in [-0.05, 0) is 56.8 Å². The molecule has 0 spiro atoms. The van der Waals surface area contributed by atoms with E-state index in [1.165, 1.54) is 18.4 Å². The molecule has 1 amide bonds. The SMILES string of the molecule is O=C(O)[C@@H]1[C@@H](C(=O)NCCC2=CCCCC2)[C@H]2C=C[C@H]1CC2. The molecule has 0 radical (unpaired) electrons. The van der Waals surface area contributed by atoms with Gasteiger partial charge in [-0.2, -0.15) is 0 Å². The lowest BCUT2D eigenvalue weighted by Crippen LogP contribution is -2.49. The molecule has 22 heavy (non-hydrogen) atoms. The molecule has 0 aromatic carbocycles. The number of rotatable bonds is 5. The van der Waals surface area contributed by atoms with Gasteiger partial charge in [0.05, 0.1) is 11.8 Å². The Bertz CT molecular complexity index is 508. The first kappa shape index (κ1) is 15.3. The molecule has 4 nitrogen and oxygen atoms in total. The maximum absolute atomic E-state index is 12.5. The fourth-order valence-electron chi connectivity index (χ4n) is 4.28. The summed E-state index contributed by atoms with van der Waals surface area (Å²) in [5, 5.41) is 12.5. The quantitative estimate of drug-likeness (QED) is 0.767. The van der Waals surface area contributed by atoms with Gasteiger partial charge in [-0.15, -0.1) is 0 Å². The van der Waals surface area contributed by atoms with Gasteiger partial charge in [0.2, 0.25) is 5.91 Å². The summed E-state index contributed by atoms with van der Waals surface area (Å²) in [6, 6.07) is 0. The fraction of sp³-hybridized carbons (Fsp3) is 0.667. The summed E-state index contributed by atoms with van der Waals surface area (Å²) < 4.78 is 0. The van der Waals surface area contributed by atoms with E-state index in [1.807, 2.05) is 6.08 Å². The van der Waals surface area contributed by atoms with E-state index in [0.717, 1.165) is 32.1 Å². The number of carbonyl (C=O) groups excluding carboxylic acids is 1. The van der Waals surface area contributed by atoms with E-state index in [9.17, 15) is 14.7 Å². The van der Waals surface area contributed by atoms with Gasteiger partial charge in [0.1, 0.15) is 0 Å². The fourth-order valence-corrected chi connectivity index (χ4v) is 4.28. The summed E-state index contributed by atoms with van der Waals surface area (Å²) in [6.45, 7) is 0.634. The van der Waals surface area contributed by atoms with Gasteiger partial charge in [-0.3, -0.25) is 9.59 Å². The lowest BCUT2D eigenvalue weighted by atomic mass is 9.62. The largest absolute Gasteiger partial charge is 0.481 e. The summed E-state index contributed by atoms with van der Waals surface area (Å²) in [5.74, 6) is -1.70. The van der Waals surface area contributed by atoms with E-state index in [-0.39, 0.29) is 23.7 Å². The Morgan fingerprint density at radius 1 is 1.14 bits per heavy atom. The Kier molecular flexibility index (Phi) is 4.65. The van der Waals surface area contributed by atoms with E-state index in [1.54, 1.807) is 0 Å². The number of hydrogen-bond donors (Lipinski definition) is 2. The monoisotopic (exact) mass is 303 g/mol. The Morgan fingerprint density at radius 3 is 2.45 bits per heavy atom. The number of allylic oxidation sites excluding steroid dienone is 3. The predicted molar refractivity (Wildman–Crippen MR) is 84.1 cm³/mol. The number of hydrogen-bond acceptors (Lipinski definition) is 2. The zero-order valence-corrected chi connectivity index (χ0v) is 13.0. The van der Waals surface area contributed by atoms with Crippen molar-refractivity contribution in [2.24, 2.45) is 23.7 Å². The van der Waals surface area contributed by atoms with Crippen LogP contribution < -0.4 is 5.32 Å². The van der Waals surface area contributed by atoms with Gasteiger partial charge in [-0.1, -0.05) is 23.8 Å². The average molecular weight is 303 g/mol. The zero-order valence-electron chi connectivity index (χ0n) is 13.0. The third-order valence-corrected chi connectivity index (χ3v) is 5.47. The van der Waals surface area contributed by atoms with Crippen LogP contribution >= 0.6 is 0 Å². The Balaban J connectivity index is 1.57. The highest BCUT2D eigenvalue weighted by Gasteiger charge is 2.47. The van der Waals surface area contributed by atoms with Gasteiger partial charge in [0.25, 0.3) is 0 Å². The maximum Gasteiger partial charge on any atom is 0.307 e. The van der Waals surface area contributed by atoms with Crippen molar-refractivity contribution in [2.75, 3.05) is 6.54 Å². The maximum atomic E-state index is 12.5. The molecule has 2 bridgehead atoms. The van der Waals surface area contributed by atoms with Crippen molar-refractivity contribution in [3.8, 4) is 0 Å². The highest BCUT2D eigenvalue weighted by atomic mass is 16.4. The molecule has 4 aliphatic carbocycles. The first-order chi connectivity index (χ1) is 10.7. The molecule has 2 N–H and O–H groups in total. The Morgan fingerprint density at radius 2 is 1.86 bits per heavy atom. The number of aliphatic carboxylic acids is 1. The van der Waals surface area contributed by atoms with Crippen molar-refractivity contribution in [3.05, 3.63) is 23.8 Å². The smallest absolute Gasteiger partial charge is 0.307 e. The van der Waals surface area contributed by atoms with Gasteiger partial charge in [-0.25, -0.2) is 0 Å². The second-order valence-corrected chi connectivity index (χ2v) is 6.83. The first-order valence-corrected chi connectivity index (χ1v) is 8.53. The molecule has 4 atom stereocenters. The van der Waals surface area contributed by atoms with Crippen LogP contribution in [-0.2, 0) is 9.59 Å². The Hall–Kier alpha value is -1.58. The molecule has 0 aliphatic heterocycles. The van der Waals surface area contributed by atoms with Crippen molar-refractivity contribution >= 4 is 11.9 Å². The second-order valence-electron chi connectivity index (χ2n) is 6.83. The standard InChI is InChI=1S/C18H25NO3/c20-17(19-11-10-12-4-2-1-3-5-12)15-13-6-8-14(9-7-13)16(15)18(21)22/h4,6,8,13-16H,1-3,5,7,9-11H2,(H,19,20)(H,21,22)/t13-,14-,15-,16-/m0/s1. The molecular weight excluding hydrogens is 278 g/mol. The number of carboxylic acids is 1. The third-order valence-electron chi connectivity index (χ3n) is 5.47. The molecule has 1 saturated carbocycles. The molecule has 0 heterocycles. The van der Waals surface area contributed by atoms with E-state index in [0.29, 0.717) is 6.54 Å². The summed E-state index contributed by atoms with van der Waals surface area (Å²) in [5.41, 5.74) is 1.44. The minimum Gasteiger partial charge on any atom is -0.481 e. The average Bonchev–Trinajstić information content (AvgIpc) is 2.55. The van der Waals surface area contributed by atoms with Gasteiger partial charge in [0, 0.05) is 6.54 Å². The molecular formula is C18H25NO3. The van der Waals surface area contributed by atoms with Crippen molar-refractivity contribution in [2.45, 2.75) is 44.9 Å². The summed E-state index contributed by atoms with van der Waals surface area (Å²) in [6.07, 6.45) is 13.9. The van der Waals surface area contributed by atoms with Gasteiger partial charge < -0.3 is 10.4 Å². The third kappa shape index (κ3) is 3.11. The Labute approximate surface area is 131 Å². The normalized spacial score (nSPS) is 33.4. The number of nitrogens with one attached hydrogen (secondary N) is 1. The lowest BCUT2D eigenvalue weighted by molar-refractivity contribution is -0.152. The van der Waals surface area contributed by atoms with Crippen molar-refractivity contribution in [3.63, 3.8) is 0 Å². The molecule has 0 aromatic rings. The van der Waals surface area contributed by atoms with Crippen LogP contribution in [0.5, 0.6) is 0 Å². The minimum absolute atomic E-state index is 0.0271. The topological polar surface area (TPSA) is 66.4 Å². The summed E-state index contributed by atoms with van der Waals surface area (Å²) in [7, 11) is 0. The van der Waals surface area contributed by atoms with E-state index in [4.69, 9.17) is 0 Å². The van der Waals surface area contributed by atoms with E-state index < -0.39 is 11.9 Å². The minimum atomic E-state index is -0.825. The van der Waals surface area contributed by atoms with Crippen LogP contribution in [0.25, 0.3) is 0 Å². The molecule has 0 unspecified atom stereocenters. The molecule has 0 saturated heterocycles. The van der Waals surface area contributed by atoms with E-state index >= 15 is 0 Å². The molecule has 0 aromatic heterocycles. The van der Waals surface area contributed by atoms with Gasteiger partial charge >= 0.3 is 5.97 Å². The molecule has 4 aliphatic rings. The van der Waals surface area contributed by atoms with Crippen LogP contribution in [0.15, 0.2) is 23.8 Å². The lowest BCUT2D eigenvalue weighted by Gasteiger charge is -2.41. The van der Waals surface area contributed by atoms with Crippen LogP contribution in [0, 0.1) is 23.7 Å². The number of carboxylic acid groups (broad SMARTS) is 1. The highest BCUT2D eigenvalue weighted by molar-refractivity contribution is 5.86. The summed E-state index contributed by atoms with van der Waals surface area (Å²) >= 11 is 0. The molecule has 4 heteroatoms. The predicted octanol–water partition coefficient (Wildman–Crippen LogP) is 2.91. The van der Waals surface area contributed by atoms with Crippen LogP contribution in [0.1, 0.15) is 44.9 Å². The number of amides is 1. The van der Waals surface area contributed by atoms with E-state index in [2.05, 4.69) is 17.5 Å². The molecule has 1 fully saturated rings. The van der Waals surface area contributed by atoms with Gasteiger partial charge in [0.15, 0.2) is 0 Å².